The molecule has 2 aromatic carbocycles. The number of fused-ring (bicyclic) bond motifs is 3. The number of hydrogen-bond donors (Lipinski definition) is 1. The predicted molar refractivity (Wildman–Crippen MR) is 84.6 cm³/mol. The predicted octanol–water partition coefficient (Wildman–Crippen LogP) is 4.26. The van der Waals surface area contributed by atoms with Crippen molar-refractivity contribution in [3.8, 4) is 22.6 Å². The molecule has 0 spiro atoms. The summed E-state index contributed by atoms with van der Waals surface area (Å²) in [4.78, 5) is 11.7. The molecule has 0 radical (unpaired) electrons. The van der Waals surface area contributed by atoms with E-state index in [1.54, 1.807) is 12.1 Å². The van der Waals surface area contributed by atoms with Gasteiger partial charge in [-0.2, -0.15) is 0 Å². The van der Waals surface area contributed by atoms with Crippen molar-refractivity contribution in [2.45, 2.75) is 6.61 Å². The van der Waals surface area contributed by atoms with Gasteiger partial charge in [-0.3, -0.25) is 0 Å². The maximum atomic E-state index is 11.7. The maximum absolute atomic E-state index is 11.7. The first-order chi connectivity index (χ1) is 10.0. The molecule has 2 aromatic rings. The Kier molecular flexibility index (Phi) is 3.67. The average Bonchev–Trinajstić information content (AvgIpc) is 2.45. The van der Waals surface area contributed by atoms with Crippen LogP contribution in [0.15, 0.2) is 33.2 Å². The first kappa shape index (κ1) is 14.4. The maximum Gasteiger partial charge on any atom is 0.341 e. The van der Waals surface area contributed by atoms with Crippen LogP contribution < -0.4 is 4.74 Å². The minimum absolute atomic E-state index is 0.110. The van der Waals surface area contributed by atoms with Crippen molar-refractivity contribution in [1.82, 2.24) is 0 Å². The number of phenols is 1. The number of esters is 1. The quantitative estimate of drug-likeness (QED) is 0.709. The lowest BCUT2D eigenvalue weighted by Gasteiger charge is -2.23. The Morgan fingerprint density at radius 2 is 2.00 bits per heavy atom. The van der Waals surface area contributed by atoms with Crippen LogP contribution in [0.4, 0.5) is 0 Å². The molecule has 0 unspecified atom stereocenters. The minimum atomic E-state index is -0.572. The van der Waals surface area contributed by atoms with E-state index in [-0.39, 0.29) is 11.3 Å². The highest BCUT2D eigenvalue weighted by molar-refractivity contribution is 9.11. The van der Waals surface area contributed by atoms with E-state index in [0.717, 1.165) is 25.6 Å². The van der Waals surface area contributed by atoms with E-state index >= 15 is 0 Å². The summed E-state index contributed by atoms with van der Waals surface area (Å²) in [6.45, 7) is 0.331. The fourth-order valence-electron chi connectivity index (χ4n) is 2.33. The number of aromatic hydroxyl groups is 1. The van der Waals surface area contributed by atoms with E-state index in [0.29, 0.717) is 12.4 Å². The van der Waals surface area contributed by atoms with Crippen molar-refractivity contribution in [2.24, 2.45) is 0 Å². The summed E-state index contributed by atoms with van der Waals surface area (Å²) < 4.78 is 12.1. The van der Waals surface area contributed by atoms with Crippen LogP contribution in [0.5, 0.6) is 11.5 Å². The number of carbonyl (C=O) groups excluding carboxylic acids is 1. The SMILES string of the molecule is COC(=O)c1cc2c(cc1O)COc1c(Br)cc(Br)cc1-2. The largest absolute Gasteiger partial charge is 0.507 e. The van der Waals surface area contributed by atoms with E-state index in [4.69, 9.17) is 9.47 Å². The van der Waals surface area contributed by atoms with Gasteiger partial charge < -0.3 is 14.6 Å². The second-order valence-corrected chi connectivity index (χ2v) is 6.34. The van der Waals surface area contributed by atoms with E-state index in [1.165, 1.54) is 7.11 Å². The number of carbonyl (C=O) groups is 1. The molecule has 21 heavy (non-hydrogen) atoms. The molecule has 0 aromatic heterocycles. The molecular weight excluding hydrogens is 404 g/mol. The van der Waals surface area contributed by atoms with Crippen LogP contribution in [0.25, 0.3) is 11.1 Å². The minimum Gasteiger partial charge on any atom is -0.507 e. The molecule has 1 heterocycles. The summed E-state index contributed by atoms with van der Waals surface area (Å²) in [5, 5.41) is 9.95. The van der Waals surface area contributed by atoms with Gasteiger partial charge in [0.05, 0.1) is 11.6 Å². The van der Waals surface area contributed by atoms with Crippen molar-refractivity contribution in [3.05, 3.63) is 44.3 Å². The number of ether oxygens (including phenoxy) is 2. The van der Waals surface area contributed by atoms with Gasteiger partial charge >= 0.3 is 5.97 Å². The van der Waals surface area contributed by atoms with E-state index in [2.05, 4.69) is 31.9 Å². The van der Waals surface area contributed by atoms with E-state index in [9.17, 15) is 9.90 Å². The van der Waals surface area contributed by atoms with Gasteiger partial charge in [-0.15, -0.1) is 0 Å². The summed E-state index contributed by atoms with van der Waals surface area (Å²) in [5.41, 5.74) is 2.65. The van der Waals surface area contributed by atoms with Crippen molar-refractivity contribution < 1.29 is 19.4 Å². The van der Waals surface area contributed by atoms with Gasteiger partial charge in [0.2, 0.25) is 0 Å². The third kappa shape index (κ3) is 2.42. The Morgan fingerprint density at radius 1 is 1.24 bits per heavy atom. The third-order valence-corrected chi connectivity index (χ3v) is 4.34. The van der Waals surface area contributed by atoms with Crippen LogP contribution >= 0.6 is 31.9 Å². The first-order valence-electron chi connectivity index (χ1n) is 6.07. The standard InChI is InChI=1S/C15H10Br2O4/c1-20-15(19)11-5-9-7(2-13(11)18)6-21-14-10(9)3-8(16)4-12(14)17/h2-5,18H,6H2,1H3. The zero-order valence-electron chi connectivity index (χ0n) is 10.9. The second-order valence-electron chi connectivity index (χ2n) is 4.57. The van der Waals surface area contributed by atoms with Crippen LogP contribution in [0.1, 0.15) is 15.9 Å². The summed E-state index contributed by atoms with van der Waals surface area (Å²) in [6, 6.07) is 6.98. The molecule has 0 atom stereocenters. The molecule has 4 nitrogen and oxygen atoms in total. The first-order valence-corrected chi connectivity index (χ1v) is 7.66. The Hall–Kier alpha value is -1.53. The zero-order valence-corrected chi connectivity index (χ0v) is 14.1. The molecule has 0 saturated heterocycles. The second kappa shape index (κ2) is 5.35. The van der Waals surface area contributed by atoms with Crippen molar-refractivity contribution in [1.29, 1.82) is 0 Å². The molecule has 1 aliphatic rings. The van der Waals surface area contributed by atoms with E-state index < -0.39 is 5.97 Å². The van der Waals surface area contributed by atoms with Crippen molar-refractivity contribution in [3.63, 3.8) is 0 Å². The number of hydrogen-bond acceptors (Lipinski definition) is 4. The van der Waals surface area contributed by atoms with Crippen molar-refractivity contribution >= 4 is 37.8 Å². The molecule has 0 aliphatic carbocycles. The number of phenolic OH excluding ortho intramolecular Hbond substituents is 1. The highest BCUT2D eigenvalue weighted by Gasteiger charge is 2.24. The van der Waals surface area contributed by atoms with Gasteiger partial charge in [0.25, 0.3) is 0 Å². The number of halogens is 2. The Balaban J connectivity index is 2.26. The van der Waals surface area contributed by atoms with Crippen LogP contribution in [0.3, 0.4) is 0 Å². The fourth-order valence-corrected chi connectivity index (χ4v) is 3.67. The van der Waals surface area contributed by atoms with Crippen LogP contribution in [-0.4, -0.2) is 18.2 Å². The lowest BCUT2D eigenvalue weighted by molar-refractivity contribution is 0.0597. The third-order valence-electron chi connectivity index (χ3n) is 3.30. The summed E-state index contributed by atoms with van der Waals surface area (Å²) in [6.07, 6.45) is 0. The zero-order chi connectivity index (χ0) is 15.1. The van der Waals surface area contributed by atoms with Gasteiger partial charge in [0.1, 0.15) is 23.7 Å². The van der Waals surface area contributed by atoms with Crippen LogP contribution in [-0.2, 0) is 11.3 Å². The highest BCUT2D eigenvalue weighted by Crippen LogP contribution is 2.45. The molecule has 108 valence electrons. The number of benzene rings is 2. The van der Waals surface area contributed by atoms with Crippen LogP contribution in [0, 0.1) is 0 Å². The lowest BCUT2D eigenvalue weighted by atomic mass is 9.94. The van der Waals surface area contributed by atoms with Gasteiger partial charge in [-0.25, -0.2) is 4.79 Å². The molecule has 0 bridgehead atoms. The Morgan fingerprint density at radius 3 is 2.71 bits per heavy atom. The smallest absolute Gasteiger partial charge is 0.341 e. The van der Waals surface area contributed by atoms with E-state index in [1.807, 2.05) is 12.1 Å². The highest BCUT2D eigenvalue weighted by atomic mass is 79.9. The lowest BCUT2D eigenvalue weighted by Crippen LogP contribution is -2.09. The van der Waals surface area contributed by atoms with Gasteiger partial charge in [-0.05, 0) is 45.8 Å². The van der Waals surface area contributed by atoms with Crippen LogP contribution in [0.2, 0.25) is 0 Å². The average molecular weight is 414 g/mol. The molecule has 6 heteroatoms. The fraction of sp³-hybridized carbons (Fsp3) is 0.133. The molecule has 1 aliphatic heterocycles. The summed E-state index contributed by atoms with van der Waals surface area (Å²) in [5.74, 6) is 0.0336. The van der Waals surface area contributed by atoms with Crippen molar-refractivity contribution in [2.75, 3.05) is 7.11 Å². The molecular formula is C15H10Br2O4. The van der Waals surface area contributed by atoms with Gasteiger partial charge in [-0.1, -0.05) is 15.9 Å². The van der Waals surface area contributed by atoms with Gasteiger partial charge in [0.15, 0.2) is 0 Å². The molecule has 0 fully saturated rings. The Bertz CT molecular complexity index is 756. The molecule has 0 amide bonds. The monoisotopic (exact) mass is 412 g/mol. The summed E-state index contributed by atoms with van der Waals surface area (Å²) >= 11 is 6.91. The molecule has 3 rings (SSSR count). The summed E-state index contributed by atoms with van der Waals surface area (Å²) in [7, 11) is 1.28. The Labute approximate surface area is 137 Å². The van der Waals surface area contributed by atoms with Gasteiger partial charge in [0, 0.05) is 15.6 Å². The normalized spacial score (nSPS) is 12.1. The number of methoxy groups -OCH3 is 1. The number of rotatable bonds is 1. The topological polar surface area (TPSA) is 55.8 Å². The molecule has 1 N–H and O–H groups in total. The molecule has 0 saturated carbocycles.